The molecule has 0 radical (unpaired) electrons. The van der Waals surface area contributed by atoms with E-state index in [1.165, 1.54) is 0 Å². The van der Waals surface area contributed by atoms with Gasteiger partial charge in [0.05, 0.1) is 12.0 Å². The van der Waals surface area contributed by atoms with Crippen LogP contribution in [0.1, 0.15) is 44.0 Å². The molecule has 154 valence electrons. The van der Waals surface area contributed by atoms with Gasteiger partial charge in [-0.15, -0.1) is 0 Å². The van der Waals surface area contributed by atoms with Crippen molar-refractivity contribution in [2.45, 2.75) is 57.5 Å². The van der Waals surface area contributed by atoms with Crippen molar-refractivity contribution in [3.63, 3.8) is 0 Å². The van der Waals surface area contributed by atoms with Crippen LogP contribution in [0.3, 0.4) is 0 Å². The van der Waals surface area contributed by atoms with Gasteiger partial charge in [0.25, 0.3) is 0 Å². The Kier molecular flexibility index (Phi) is 5.25. The number of hydrogen-bond donors (Lipinski definition) is 2. The molecule has 3 heterocycles. The van der Waals surface area contributed by atoms with Crippen LogP contribution in [-0.2, 0) is 27.2 Å². The van der Waals surface area contributed by atoms with Gasteiger partial charge in [-0.25, -0.2) is 9.89 Å². The van der Waals surface area contributed by atoms with E-state index in [0.29, 0.717) is 31.7 Å². The van der Waals surface area contributed by atoms with Crippen LogP contribution < -0.4 is 5.69 Å². The van der Waals surface area contributed by atoms with E-state index >= 15 is 0 Å². The Labute approximate surface area is 168 Å². The second-order valence-corrected chi connectivity index (χ2v) is 7.92. The average Bonchev–Trinajstić information content (AvgIpc) is 3.40. The topological polar surface area (TPSA) is 108 Å². The molecule has 0 spiro atoms. The molecule has 2 N–H and O–H groups in total. The normalized spacial score (nSPS) is 25.3. The summed E-state index contributed by atoms with van der Waals surface area (Å²) >= 11 is 0. The summed E-state index contributed by atoms with van der Waals surface area (Å²) in [4.78, 5) is 41.8. The van der Waals surface area contributed by atoms with Crippen molar-refractivity contribution >= 4 is 11.9 Å². The van der Waals surface area contributed by atoms with Crippen molar-refractivity contribution in [2.75, 3.05) is 6.61 Å². The first-order valence-corrected chi connectivity index (χ1v) is 10.2. The first-order chi connectivity index (χ1) is 14.0. The lowest BCUT2D eigenvalue weighted by molar-refractivity contribution is -0.158. The van der Waals surface area contributed by atoms with E-state index in [9.17, 15) is 14.4 Å². The van der Waals surface area contributed by atoms with Crippen molar-refractivity contribution in [1.82, 2.24) is 20.1 Å². The number of benzene rings is 1. The minimum atomic E-state index is -0.698. The number of fused-ring (bicyclic) bond motifs is 2. The van der Waals surface area contributed by atoms with Crippen LogP contribution in [0.15, 0.2) is 35.1 Å². The molecule has 2 fully saturated rings. The third-order valence-electron chi connectivity index (χ3n) is 6.20. The van der Waals surface area contributed by atoms with Gasteiger partial charge in [-0.3, -0.25) is 14.6 Å². The van der Waals surface area contributed by atoms with E-state index in [1.54, 1.807) is 0 Å². The zero-order chi connectivity index (χ0) is 20.4. The van der Waals surface area contributed by atoms with E-state index in [1.807, 2.05) is 42.2 Å². The number of aromatic amines is 2. The van der Waals surface area contributed by atoms with Gasteiger partial charge in [0.1, 0.15) is 5.82 Å². The number of aryl methyl sites for hydroxylation is 1. The lowest BCUT2D eigenvalue weighted by atomic mass is 9.70. The van der Waals surface area contributed by atoms with Crippen LogP contribution >= 0.6 is 0 Å². The second kappa shape index (κ2) is 7.85. The SMILES string of the molecule is CCOC(=O)[C@@]1(Cc2ccccc2)C[C@H]2CC[C@@H]1N2C(=O)CCc1n[nH]c(=O)[nH]1. The summed E-state index contributed by atoms with van der Waals surface area (Å²) in [5.41, 5.74) is 0.00354. The lowest BCUT2D eigenvalue weighted by Gasteiger charge is -2.35. The fraction of sp³-hybridized carbons (Fsp3) is 0.524. The number of H-pyrrole nitrogens is 2. The summed E-state index contributed by atoms with van der Waals surface area (Å²) in [6, 6.07) is 9.83. The van der Waals surface area contributed by atoms with Crippen molar-refractivity contribution in [3.05, 3.63) is 52.2 Å². The van der Waals surface area contributed by atoms with Crippen molar-refractivity contribution in [2.24, 2.45) is 5.41 Å². The summed E-state index contributed by atoms with van der Waals surface area (Å²) < 4.78 is 5.48. The fourth-order valence-electron chi connectivity index (χ4n) is 5.05. The maximum absolute atomic E-state index is 13.1. The molecule has 8 heteroatoms. The zero-order valence-corrected chi connectivity index (χ0v) is 16.5. The van der Waals surface area contributed by atoms with Crippen LogP contribution in [0.25, 0.3) is 0 Å². The fourth-order valence-corrected chi connectivity index (χ4v) is 5.05. The van der Waals surface area contributed by atoms with Crippen LogP contribution in [0.5, 0.6) is 0 Å². The third-order valence-corrected chi connectivity index (χ3v) is 6.20. The van der Waals surface area contributed by atoms with E-state index in [2.05, 4.69) is 15.2 Å². The highest BCUT2D eigenvalue weighted by molar-refractivity contribution is 5.84. The molecule has 2 aliphatic heterocycles. The van der Waals surface area contributed by atoms with E-state index in [-0.39, 0.29) is 36.1 Å². The Bertz CT molecular complexity index is 937. The Morgan fingerprint density at radius 2 is 2.07 bits per heavy atom. The highest BCUT2D eigenvalue weighted by Crippen LogP contribution is 2.52. The predicted octanol–water partition coefficient (Wildman–Crippen LogP) is 1.59. The summed E-state index contributed by atoms with van der Waals surface area (Å²) in [5.74, 6) is 0.266. The van der Waals surface area contributed by atoms with E-state index in [0.717, 1.165) is 18.4 Å². The highest BCUT2D eigenvalue weighted by Gasteiger charge is 2.61. The van der Waals surface area contributed by atoms with Gasteiger partial charge in [0, 0.05) is 24.9 Å². The molecule has 2 aliphatic rings. The molecule has 2 bridgehead atoms. The quantitative estimate of drug-likeness (QED) is 0.689. The number of hydrogen-bond acceptors (Lipinski definition) is 5. The molecule has 1 amide bonds. The molecule has 1 aromatic carbocycles. The number of amides is 1. The zero-order valence-electron chi connectivity index (χ0n) is 16.5. The minimum Gasteiger partial charge on any atom is -0.465 e. The lowest BCUT2D eigenvalue weighted by Crippen LogP contribution is -2.47. The van der Waals surface area contributed by atoms with Gasteiger partial charge >= 0.3 is 11.7 Å². The maximum atomic E-state index is 13.1. The average molecular weight is 398 g/mol. The second-order valence-electron chi connectivity index (χ2n) is 7.92. The molecular formula is C21H26N4O4. The van der Waals surface area contributed by atoms with Crippen LogP contribution in [0.2, 0.25) is 0 Å². The number of nitrogens with one attached hydrogen (secondary N) is 2. The number of carbonyl (C=O) groups excluding carboxylic acids is 2. The van der Waals surface area contributed by atoms with Gasteiger partial charge in [-0.1, -0.05) is 30.3 Å². The molecular weight excluding hydrogens is 372 g/mol. The standard InChI is InChI=1S/C21H26N4O4/c1-2-29-19(27)21(12-14-6-4-3-5-7-14)13-15-8-9-16(21)25(15)18(26)11-10-17-22-20(28)24-23-17/h3-7,15-16H,2,8-13H2,1H3,(H2,22,23,24,28)/t15-,16+,21+/m1/s1. The Balaban J connectivity index is 1.55. The van der Waals surface area contributed by atoms with E-state index < -0.39 is 5.41 Å². The summed E-state index contributed by atoms with van der Waals surface area (Å²) in [6.07, 6.45) is 3.53. The minimum absolute atomic E-state index is 0.000541. The van der Waals surface area contributed by atoms with Gasteiger partial charge in [0.15, 0.2) is 0 Å². The predicted molar refractivity (Wildman–Crippen MR) is 105 cm³/mol. The third kappa shape index (κ3) is 3.59. The molecule has 0 unspecified atom stereocenters. The Morgan fingerprint density at radius 1 is 1.28 bits per heavy atom. The number of aromatic nitrogens is 3. The molecule has 29 heavy (non-hydrogen) atoms. The number of esters is 1. The molecule has 2 saturated heterocycles. The largest absolute Gasteiger partial charge is 0.465 e. The number of ether oxygens (including phenoxy) is 1. The van der Waals surface area contributed by atoms with Gasteiger partial charge in [-0.05, 0) is 38.2 Å². The molecule has 2 aromatic rings. The first kappa shape index (κ1) is 19.4. The molecule has 0 saturated carbocycles. The van der Waals surface area contributed by atoms with Crippen LogP contribution in [-0.4, -0.2) is 50.6 Å². The van der Waals surface area contributed by atoms with Gasteiger partial charge < -0.3 is 9.64 Å². The summed E-state index contributed by atoms with van der Waals surface area (Å²) in [5, 5.41) is 6.18. The monoisotopic (exact) mass is 398 g/mol. The Hall–Kier alpha value is -2.90. The smallest absolute Gasteiger partial charge is 0.340 e. The number of rotatable bonds is 7. The molecule has 1 aromatic heterocycles. The highest BCUT2D eigenvalue weighted by atomic mass is 16.5. The molecule has 8 nitrogen and oxygen atoms in total. The summed E-state index contributed by atoms with van der Waals surface area (Å²) in [6.45, 7) is 2.14. The number of nitrogens with zero attached hydrogens (tertiary/aromatic N) is 2. The molecule has 0 aliphatic carbocycles. The van der Waals surface area contributed by atoms with E-state index in [4.69, 9.17) is 4.74 Å². The molecule has 3 atom stereocenters. The maximum Gasteiger partial charge on any atom is 0.340 e. The first-order valence-electron chi connectivity index (χ1n) is 10.2. The Morgan fingerprint density at radius 3 is 2.76 bits per heavy atom. The summed E-state index contributed by atoms with van der Waals surface area (Å²) in [7, 11) is 0. The van der Waals surface area contributed by atoms with Crippen LogP contribution in [0.4, 0.5) is 0 Å². The molecule has 4 rings (SSSR count). The van der Waals surface area contributed by atoms with Crippen molar-refractivity contribution in [1.29, 1.82) is 0 Å². The van der Waals surface area contributed by atoms with Gasteiger partial charge in [0.2, 0.25) is 5.91 Å². The number of carbonyl (C=O) groups is 2. The van der Waals surface area contributed by atoms with Crippen molar-refractivity contribution in [3.8, 4) is 0 Å². The van der Waals surface area contributed by atoms with Crippen molar-refractivity contribution < 1.29 is 14.3 Å². The van der Waals surface area contributed by atoms with Gasteiger partial charge in [-0.2, -0.15) is 5.10 Å². The van der Waals surface area contributed by atoms with Crippen LogP contribution in [0, 0.1) is 5.41 Å².